The Kier molecular flexibility index (Phi) is 2.83. The van der Waals surface area contributed by atoms with Gasteiger partial charge in [0.25, 0.3) is 5.91 Å². The molecule has 0 bridgehead atoms. The minimum absolute atomic E-state index is 0.0370. The molecule has 0 aliphatic heterocycles. The number of benzene rings is 1. The van der Waals surface area contributed by atoms with E-state index in [1.54, 1.807) is 12.1 Å². The molecule has 2 rings (SSSR count). The van der Waals surface area contributed by atoms with Gasteiger partial charge in [-0.25, -0.2) is 0 Å². The van der Waals surface area contributed by atoms with Crippen molar-refractivity contribution in [3.63, 3.8) is 0 Å². The van der Waals surface area contributed by atoms with Gasteiger partial charge in [-0.1, -0.05) is 15.9 Å². The van der Waals surface area contributed by atoms with Gasteiger partial charge in [0.1, 0.15) is 17.6 Å². The smallest absolute Gasteiger partial charge is 0.254 e. The Bertz CT molecular complexity index is 585. The van der Waals surface area contributed by atoms with Crippen LogP contribution in [0, 0.1) is 11.3 Å². The van der Waals surface area contributed by atoms with Crippen LogP contribution >= 0.6 is 15.9 Å². The number of fused-ring (bicyclic) bond motifs is 1. The van der Waals surface area contributed by atoms with Gasteiger partial charge in [-0.15, -0.1) is 0 Å². The van der Waals surface area contributed by atoms with Gasteiger partial charge in [0, 0.05) is 4.47 Å². The summed E-state index contributed by atoms with van der Waals surface area (Å²) in [5, 5.41) is 21.1. The second-order valence-corrected chi connectivity index (χ2v) is 3.90. The number of hydrogen-bond acceptors (Lipinski definition) is 4. The largest absolute Gasteiger partial charge is 0.339 e. The van der Waals surface area contributed by atoms with E-state index in [4.69, 9.17) is 5.26 Å². The summed E-state index contributed by atoms with van der Waals surface area (Å²) in [6.07, 6.45) is 0. The third-order valence-corrected chi connectivity index (χ3v) is 2.42. The van der Waals surface area contributed by atoms with Crippen molar-refractivity contribution in [2.75, 3.05) is 6.54 Å². The maximum absolute atomic E-state index is 11.7. The lowest BCUT2D eigenvalue weighted by molar-refractivity contribution is 0.0960. The fraction of sp³-hybridized carbons (Fsp3) is 0.111. The molecule has 1 amide bonds. The number of carbonyl (C=O) groups excluding carboxylic acids is 1. The first kappa shape index (κ1) is 10.6. The number of aromatic nitrogens is 3. The predicted molar refractivity (Wildman–Crippen MR) is 59.5 cm³/mol. The van der Waals surface area contributed by atoms with E-state index < -0.39 is 0 Å². The predicted octanol–water partition coefficient (Wildman–Crippen LogP) is 0.974. The number of halogens is 1. The zero-order valence-electron chi connectivity index (χ0n) is 7.99. The van der Waals surface area contributed by atoms with Gasteiger partial charge < -0.3 is 5.32 Å². The highest BCUT2D eigenvalue weighted by Gasteiger charge is 2.13. The fourth-order valence-electron chi connectivity index (χ4n) is 1.30. The van der Waals surface area contributed by atoms with Crippen LogP contribution in [0.25, 0.3) is 11.0 Å². The van der Waals surface area contributed by atoms with Crippen molar-refractivity contribution in [3.8, 4) is 6.07 Å². The van der Waals surface area contributed by atoms with Crippen LogP contribution in [0.1, 0.15) is 10.4 Å². The monoisotopic (exact) mass is 279 g/mol. The van der Waals surface area contributed by atoms with Gasteiger partial charge in [-0.3, -0.25) is 4.79 Å². The van der Waals surface area contributed by atoms with Crippen molar-refractivity contribution < 1.29 is 4.79 Å². The van der Waals surface area contributed by atoms with Crippen LogP contribution in [0.4, 0.5) is 0 Å². The number of aromatic amines is 1. The van der Waals surface area contributed by atoms with Crippen molar-refractivity contribution in [2.24, 2.45) is 0 Å². The van der Waals surface area contributed by atoms with Gasteiger partial charge >= 0.3 is 0 Å². The van der Waals surface area contributed by atoms with Crippen molar-refractivity contribution in [3.05, 3.63) is 22.2 Å². The summed E-state index contributed by atoms with van der Waals surface area (Å²) < 4.78 is 0.732. The first-order valence-electron chi connectivity index (χ1n) is 4.37. The van der Waals surface area contributed by atoms with E-state index in [-0.39, 0.29) is 12.5 Å². The van der Waals surface area contributed by atoms with Gasteiger partial charge in [-0.05, 0) is 12.1 Å². The molecule has 1 aromatic carbocycles. The Morgan fingerprint density at radius 1 is 1.56 bits per heavy atom. The highest BCUT2D eigenvalue weighted by Crippen LogP contribution is 2.20. The van der Waals surface area contributed by atoms with Crippen LogP contribution < -0.4 is 5.32 Å². The molecule has 0 spiro atoms. The topological polar surface area (TPSA) is 94.5 Å². The summed E-state index contributed by atoms with van der Waals surface area (Å²) in [5.41, 5.74) is 1.46. The number of H-pyrrole nitrogens is 1. The van der Waals surface area contributed by atoms with Gasteiger partial charge in [0.2, 0.25) is 0 Å². The third kappa shape index (κ3) is 1.87. The van der Waals surface area contributed by atoms with E-state index in [9.17, 15) is 4.79 Å². The number of carbonyl (C=O) groups is 1. The second kappa shape index (κ2) is 4.28. The van der Waals surface area contributed by atoms with E-state index in [0.717, 1.165) is 4.47 Å². The van der Waals surface area contributed by atoms with Crippen molar-refractivity contribution in [1.29, 1.82) is 5.26 Å². The zero-order valence-corrected chi connectivity index (χ0v) is 9.58. The maximum Gasteiger partial charge on any atom is 0.254 e. The lowest BCUT2D eigenvalue weighted by Crippen LogP contribution is -2.23. The number of rotatable bonds is 2. The SMILES string of the molecule is N#CCNC(=O)c1cc(Br)cc2n[nH]nc12. The van der Waals surface area contributed by atoms with Crippen molar-refractivity contribution >= 4 is 32.9 Å². The van der Waals surface area contributed by atoms with Gasteiger partial charge in [0.05, 0.1) is 11.6 Å². The van der Waals surface area contributed by atoms with E-state index in [1.165, 1.54) is 0 Å². The Balaban J connectivity index is 2.47. The molecule has 0 radical (unpaired) electrons. The Hall–Kier alpha value is -1.94. The number of hydrogen-bond donors (Lipinski definition) is 2. The van der Waals surface area contributed by atoms with Crippen LogP contribution in [0.3, 0.4) is 0 Å². The third-order valence-electron chi connectivity index (χ3n) is 1.96. The normalized spacial score (nSPS) is 10.0. The maximum atomic E-state index is 11.7. The quantitative estimate of drug-likeness (QED) is 0.801. The molecule has 0 saturated heterocycles. The van der Waals surface area contributed by atoms with Gasteiger partial charge in [0.15, 0.2) is 0 Å². The Morgan fingerprint density at radius 3 is 3.12 bits per heavy atom. The molecular weight excluding hydrogens is 274 g/mol. The van der Waals surface area contributed by atoms with Crippen LogP contribution in [0.5, 0.6) is 0 Å². The molecular formula is C9H6BrN5O. The molecule has 0 fully saturated rings. The van der Waals surface area contributed by atoms with E-state index in [1.807, 2.05) is 6.07 Å². The number of nitriles is 1. The van der Waals surface area contributed by atoms with E-state index in [0.29, 0.717) is 16.6 Å². The summed E-state index contributed by atoms with van der Waals surface area (Å²) >= 11 is 3.28. The highest BCUT2D eigenvalue weighted by molar-refractivity contribution is 9.10. The lowest BCUT2D eigenvalue weighted by atomic mass is 10.1. The molecule has 80 valence electrons. The summed E-state index contributed by atoms with van der Waals surface area (Å²) in [5.74, 6) is -0.346. The molecule has 0 aliphatic rings. The Labute approximate surface area is 98.8 Å². The molecule has 0 atom stereocenters. The molecule has 1 aromatic heterocycles. The minimum Gasteiger partial charge on any atom is -0.339 e. The number of nitrogens with one attached hydrogen (secondary N) is 2. The van der Waals surface area contributed by atoms with Crippen LogP contribution in [-0.4, -0.2) is 27.9 Å². The number of amides is 1. The molecule has 0 saturated carbocycles. The average Bonchev–Trinajstić information content (AvgIpc) is 2.72. The van der Waals surface area contributed by atoms with E-state index >= 15 is 0 Å². The van der Waals surface area contributed by atoms with Crippen LogP contribution in [-0.2, 0) is 0 Å². The zero-order chi connectivity index (χ0) is 11.5. The summed E-state index contributed by atoms with van der Waals surface area (Å²) in [6, 6.07) is 5.22. The fourth-order valence-corrected chi connectivity index (χ4v) is 1.75. The van der Waals surface area contributed by atoms with E-state index in [2.05, 4.69) is 36.7 Å². The molecule has 0 aliphatic carbocycles. The average molecular weight is 280 g/mol. The summed E-state index contributed by atoms with van der Waals surface area (Å²) in [7, 11) is 0. The molecule has 7 heteroatoms. The molecule has 16 heavy (non-hydrogen) atoms. The first-order chi connectivity index (χ1) is 7.72. The van der Waals surface area contributed by atoms with Crippen molar-refractivity contribution in [2.45, 2.75) is 0 Å². The summed E-state index contributed by atoms with van der Waals surface area (Å²) in [4.78, 5) is 11.7. The van der Waals surface area contributed by atoms with Crippen LogP contribution in [0.15, 0.2) is 16.6 Å². The highest BCUT2D eigenvalue weighted by atomic mass is 79.9. The summed E-state index contributed by atoms with van der Waals surface area (Å²) in [6.45, 7) is -0.0370. The molecule has 2 aromatic rings. The lowest BCUT2D eigenvalue weighted by Gasteiger charge is -2.01. The molecule has 1 heterocycles. The molecule has 2 N–H and O–H groups in total. The minimum atomic E-state index is -0.346. The molecule has 0 unspecified atom stereocenters. The second-order valence-electron chi connectivity index (χ2n) is 2.99. The molecule has 6 nitrogen and oxygen atoms in total. The Morgan fingerprint density at radius 2 is 2.38 bits per heavy atom. The van der Waals surface area contributed by atoms with Crippen molar-refractivity contribution in [1.82, 2.24) is 20.7 Å². The standard InChI is InChI=1S/C9H6BrN5O/c10-5-3-6(9(16)12-2-1-11)8-7(4-5)13-15-14-8/h3-4H,2H2,(H,12,16)(H,13,14,15). The van der Waals surface area contributed by atoms with Crippen LogP contribution in [0.2, 0.25) is 0 Å². The number of nitrogens with zero attached hydrogens (tertiary/aromatic N) is 3. The first-order valence-corrected chi connectivity index (χ1v) is 5.17. The van der Waals surface area contributed by atoms with Gasteiger partial charge in [-0.2, -0.15) is 20.7 Å².